The molecule has 0 fully saturated rings. The van der Waals surface area contributed by atoms with Gasteiger partial charge in [-0.05, 0) is 40.0 Å². The summed E-state index contributed by atoms with van der Waals surface area (Å²) in [6, 6.07) is 15.7. The molecule has 1 radical (unpaired) electrons. The van der Waals surface area contributed by atoms with E-state index in [1.165, 1.54) is 6.42 Å². The molecule has 0 saturated carbocycles. The Balaban J connectivity index is 1.72. The number of unbranched alkanes of at least 4 members (excludes halogenated alkanes) is 1. The third kappa shape index (κ3) is 6.19. The topological polar surface area (TPSA) is 138 Å². The van der Waals surface area contributed by atoms with Gasteiger partial charge in [-0.1, -0.05) is 48.5 Å². The molecule has 0 bridgehead atoms. The molecule has 2 aromatic carbocycles. The first-order valence-corrected chi connectivity index (χ1v) is 10.0. The number of hydrogen-bond acceptors (Lipinski definition) is 6. The minimum Gasteiger partial charge on any atom is -0.396 e. The van der Waals surface area contributed by atoms with Crippen LogP contribution in [0.25, 0.3) is 22.5 Å². The van der Waals surface area contributed by atoms with Crippen molar-refractivity contribution in [3.63, 3.8) is 0 Å². The number of primary amides is 1. The summed E-state index contributed by atoms with van der Waals surface area (Å²) in [4.78, 5) is 24.9. The van der Waals surface area contributed by atoms with E-state index >= 15 is 0 Å². The number of nitrogens with one attached hydrogen (secondary N) is 1. The summed E-state index contributed by atoms with van der Waals surface area (Å²) in [7, 11) is 0. The number of hydrogen-bond donors (Lipinski definition) is 3. The minimum atomic E-state index is -0.350. The molecule has 9 nitrogen and oxygen atoms in total. The van der Waals surface area contributed by atoms with Crippen molar-refractivity contribution in [3.05, 3.63) is 60.5 Å². The predicted octanol–water partition coefficient (Wildman–Crippen LogP) is 1.71. The number of aromatic nitrogens is 4. The first kappa shape index (κ1) is 22.1. The summed E-state index contributed by atoms with van der Waals surface area (Å²) in [5.74, 6) is -0.00227. The number of H-pyrrole nitrogens is 1. The van der Waals surface area contributed by atoms with Crippen molar-refractivity contribution in [2.75, 3.05) is 13.2 Å². The zero-order valence-electron chi connectivity index (χ0n) is 17.1. The van der Waals surface area contributed by atoms with Crippen LogP contribution in [-0.4, -0.2) is 55.6 Å². The molecule has 161 valence electrons. The second kappa shape index (κ2) is 11.0. The van der Waals surface area contributed by atoms with E-state index in [4.69, 9.17) is 10.8 Å². The second-order valence-corrected chi connectivity index (χ2v) is 7.06. The molecule has 31 heavy (non-hydrogen) atoms. The van der Waals surface area contributed by atoms with Crippen LogP contribution < -0.4 is 5.73 Å². The number of carbonyl (C=O) groups is 2. The summed E-state index contributed by atoms with van der Waals surface area (Å²) in [6.07, 6.45) is 2.81. The van der Waals surface area contributed by atoms with E-state index in [1.807, 2.05) is 48.5 Å². The molecule has 3 aromatic rings. The quantitative estimate of drug-likeness (QED) is 0.403. The average molecular weight is 421 g/mol. The van der Waals surface area contributed by atoms with Crippen molar-refractivity contribution in [3.8, 4) is 22.5 Å². The number of benzene rings is 2. The molecule has 1 heterocycles. The first-order valence-electron chi connectivity index (χ1n) is 10.0. The lowest BCUT2D eigenvalue weighted by Gasteiger charge is -2.22. The highest BCUT2D eigenvalue weighted by Crippen LogP contribution is 2.29. The Morgan fingerprint density at radius 3 is 2.45 bits per heavy atom. The lowest BCUT2D eigenvalue weighted by atomic mass is 9.98. The Bertz CT molecular complexity index is 989. The highest BCUT2D eigenvalue weighted by atomic mass is 16.3. The third-order valence-corrected chi connectivity index (χ3v) is 4.84. The summed E-state index contributed by atoms with van der Waals surface area (Å²) >= 11 is 0. The van der Waals surface area contributed by atoms with Crippen molar-refractivity contribution in [2.24, 2.45) is 5.73 Å². The fraction of sp³-hybridized carbons (Fsp3) is 0.273. The van der Waals surface area contributed by atoms with Crippen molar-refractivity contribution >= 4 is 11.8 Å². The molecule has 4 N–H and O–H groups in total. The monoisotopic (exact) mass is 421 g/mol. The number of aromatic amines is 1. The maximum atomic E-state index is 12.3. The zero-order valence-corrected chi connectivity index (χ0v) is 17.1. The Morgan fingerprint density at radius 2 is 1.81 bits per heavy atom. The molecule has 0 aliphatic rings. The van der Waals surface area contributed by atoms with Gasteiger partial charge in [-0.15, -0.1) is 5.10 Å². The Kier molecular flexibility index (Phi) is 7.83. The standard InChI is InChI=1S/C22H25N6O3/c23-20(30)7-3-4-13-28(21(31)12-14-29)15-16-8-10-17(11-9-16)18-5-1-2-6-19(18)22-24-26-27-25-22/h1-2,5-6,8-12,29H,3-4,7,13-15H2,(H2,23,30)(H,24,25,26,27). The predicted molar refractivity (Wildman–Crippen MR) is 115 cm³/mol. The van der Waals surface area contributed by atoms with Gasteiger partial charge >= 0.3 is 0 Å². The lowest BCUT2D eigenvalue weighted by Crippen LogP contribution is -2.32. The van der Waals surface area contributed by atoms with Crippen molar-refractivity contribution in [2.45, 2.75) is 25.8 Å². The third-order valence-electron chi connectivity index (χ3n) is 4.84. The van der Waals surface area contributed by atoms with Gasteiger partial charge in [-0.2, -0.15) is 0 Å². The Hall–Kier alpha value is -3.59. The van der Waals surface area contributed by atoms with Gasteiger partial charge in [0.1, 0.15) is 0 Å². The number of carbonyl (C=O) groups excluding carboxylic acids is 2. The van der Waals surface area contributed by atoms with Crippen LogP contribution in [0, 0.1) is 6.42 Å². The zero-order chi connectivity index (χ0) is 22.1. The van der Waals surface area contributed by atoms with Gasteiger partial charge in [-0.25, -0.2) is 5.10 Å². The molecule has 0 atom stereocenters. The van der Waals surface area contributed by atoms with Crippen LogP contribution >= 0.6 is 0 Å². The molecule has 9 heteroatoms. The van der Waals surface area contributed by atoms with Gasteiger partial charge in [0, 0.05) is 25.1 Å². The maximum absolute atomic E-state index is 12.3. The summed E-state index contributed by atoms with van der Waals surface area (Å²) in [6.45, 7) is 0.564. The number of tetrazole rings is 1. The van der Waals surface area contributed by atoms with Gasteiger partial charge in [0.15, 0.2) is 5.82 Å². The molecule has 0 saturated heterocycles. The minimum absolute atomic E-state index is 0.242. The van der Waals surface area contributed by atoms with Gasteiger partial charge in [0.2, 0.25) is 11.8 Å². The Morgan fingerprint density at radius 1 is 1.06 bits per heavy atom. The molecule has 0 aliphatic heterocycles. The molecule has 2 amide bonds. The van der Waals surface area contributed by atoms with E-state index in [-0.39, 0.29) is 18.4 Å². The number of nitrogens with zero attached hydrogens (tertiary/aromatic N) is 4. The smallest absolute Gasteiger partial charge is 0.229 e. The summed E-state index contributed by atoms with van der Waals surface area (Å²) < 4.78 is 0. The van der Waals surface area contributed by atoms with Gasteiger partial charge < -0.3 is 15.7 Å². The number of nitrogens with two attached hydrogens (primary N) is 1. The van der Waals surface area contributed by atoms with E-state index in [0.29, 0.717) is 38.2 Å². The second-order valence-electron chi connectivity index (χ2n) is 7.06. The van der Waals surface area contributed by atoms with Crippen LogP contribution in [0.1, 0.15) is 24.8 Å². The van der Waals surface area contributed by atoms with E-state index in [0.717, 1.165) is 22.3 Å². The van der Waals surface area contributed by atoms with Gasteiger partial charge in [-0.3, -0.25) is 9.59 Å². The van der Waals surface area contributed by atoms with E-state index in [1.54, 1.807) is 4.90 Å². The summed E-state index contributed by atoms with van der Waals surface area (Å²) in [5, 5.41) is 23.2. The molecule has 0 aliphatic carbocycles. The molecule has 0 spiro atoms. The van der Waals surface area contributed by atoms with Crippen LogP contribution in [0.15, 0.2) is 48.5 Å². The van der Waals surface area contributed by atoms with Gasteiger partial charge in [0.05, 0.1) is 13.0 Å². The van der Waals surface area contributed by atoms with Crippen LogP contribution in [0.3, 0.4) is 0 Å². The maximum Gasteiger partial charge on any atom is 0.229 e. The van der Waals surface area contributed by atoms with Crippen molar-refractivity contribution in [1.82, 2.24) is 25.5 Å². The number of rotatable bonds is 11. The van der Waals surface area contributed by atoms with Crippen LogP contribution in [0.2, 0.25) is 0 Å². The van der Waals surface area contributed by atoms with Crippen LogP contribution in [-0.2, 0) is 16.1 Å². The first-order chi connectivity index (χ1) is 15.1. The fourth-order valence-corrected chi connectivity index (χ4v) is 3.30. The molecule has 3 rings (SSSR count). The van der Waals surface area contributed by atoms with E-state index in [9.17, 15) is 9.59 Å². The number of amides is 2. The molecular formula is C22H25N6O3. The fourth-order valence-electron chi connectivity index (χ4n) is 3.30. The van der Waals surface area contributed by atoms with E-state index < -0.39 is 0 Å². The Labute approximate surface area is 180 Å². The largest absolute Gasteiger partial charge is 0.396 e. The lowest BCUT2D eigenvalue weighted by molar-refractivity contribution is -0.128. The normalized spacial score (nSPS) is 10.7. The van der Waals surface area contributed by atoms with Crippen molar-refractivity contribution in [1.29, 1.82) is 0 Å². The van der Waals surface area contributed by atoms with Crippen LogP contribution in [0.5, 0.6) is 0 Å². The van der Waals surface area contributed by atoms with Gasteiger partial charge in [0.25, 0.3) is 0 Å². The van der Waals surface area contributed by atoms with Crippen LogP contribution in [0.4, 0.5) is 0 Å². The molecular weight excluding hydrogens is 396 g/mol. The molecule has 0 unspecified atom stereocenters. The summed E-state index contributed by atoms with van der Waals surface area (Å²) in [5.41, 5.74) is 9.00. The molecule has 1 aromatic heterocycles. The highest BCUT2D eigenvalue weighted by Gasteiger charge is 2.15. The number of aliphatic hydroxyl groups excluding tert-OH is 1. The SMILES string of the molecule is NC(=O)CCCCN(Cc1ccc(-c2ccccc2-c2nnn[nH]2)cc1)C(=O)[CH]CO. The van der Waals surface area contributed by atoms with E-state index in [2.05, 4.69) is 20.6 Å². The van der Waals surface area contributed by atoms with Crippen molar-refractivity contribution < 1.29 is 14.7 Å². The average Bonchev–Trinajstić information content (AvgIpc) is 3.31. The highest BCUT2D eigenvalue weighted by molar-refractivity contribution is 5.85. The number of aliphatic hydroxyl groups is 1.